The van der Waals surface area contributed by atoms with Crippen LogP contribution < -0.4 is 21.1 Å². The van der Waals surface area contributed by atoms with Gasteiger partial charge in [0.2, 0.25) is 0 Å². The topological polar surface area (TPSA) is 93.5 Å². The molecule has 6 heteroatoms. The first-order valence-corrected chi connectivity index (χ1v) is 6.11. The molecule has 1 aromatic rings. The number of nitrogens with two attached hydrogens (primary N) is 1. The summed E-state index contributed by atoms with van der Waals surface area (Å²) in [5, 5.41) is 4.66. The fourth-order valence-corrected chi connectivity index (χ4v) is 1.45. The lowest BCUT2D eigenvalue weighted by atomic mass is 10.2. The molecule has 0 fully saturated rings. The Balaban J connectivity index is 2.61. The summed E-state index contributed by atoms with van der Waals surface area (Å²) < 4.78 is 5.51. The average Bonchev–Trinajstić information content (AvgIpc) is 2.39. The maximum Gasteiger partial charge on any atom is 0.321 e. The first-order valence-electron chi connectivity index (χ1n) is 6.11. The number of amides is 3. The Hall–Kier alpha value is -2.08. The van der Waals surface area contributed by atoms with Crippen molar-refractivity contribution in [2.75, 3.05) is 6.54 Å². The van der Waals surface area contributed by atoms with Crippen LogP contribution >= 0.6 is 0 Å². The number of urea groups is 1. The average molecular weight is 265 g/mol. The van der Waals surface area contributed by atoms with Crippen molar-refractivity contribution in [3.63, 3.8) is 0 Å². The molecule has 4 N–H and O–H groups in total. The number of carbonyl (C=O) groups excluding carboxylic acids is 2. The molecule has 104 valence electrons. The zero-order valence-electron chi connectivity index (χ0n) is 11.1. The smallest absolute Gasteiger partial charge is 0.321 e. The maximum atomic E-state index is 11.7. The summed E-state index contributed by atoms with van der Waals surface area (Å²) in [5.41, 5.74) is 6.38. The lowest BCUT2D eigenvalue weighted by Gasteiger charge is -2.16. The first kappa shape index (κ1) is 15.0. The molecule has 0 aromatic heterocycles. The van der Waals surface area contributed by atoms with Gasteiger partial charge in [-0.1, -0.05) is 18.2 Å². The van der Waals surface area contributed by atoms with Crippen molar-refractivity contribution >= 4 is 11.9 Å². The van der Waals surface area contributed by atoms with Crippen molar-refractivity contribution in [1.29, 1.82) is 0 Å². The van der Waals surface area contributed by atoms with Crippen LogP contribution in [-0.2, 0) is 11.3 Å². The Kier molecular flexibility index (Phi) is 5.81. The molecule has 0 bridgehead atoms. The number of imide groups is 1. The van der Waals surface area contributed by atoms with Crippen molar-refractivity contribution < 1.29 is 14.3 Å². The number of ether oxygens (including phenoxy) is 1. The predicted molar refractivity (Wildman–Crippen MR) is 71.6 cm³/mol. The zero-order valence-corrected chi connectivity index (χ0v) is 11.1. The standard InChI is InChI=1S/C13H19N3O3/c1-3-15-13(18)16-12(17)9(2)19-11-7-5-4-6-10(11)8-14/h4-7,9H,3,8,14H2,1-2H3,(H2,15,16,17,18). The van der Waals surface area contributed by atoms with Crippen LogP contribution in [0.2, 0.25) is 0 Å². The van der Waals surface area contributed by atoms with Crippen LogP contribution in [0.5, 0.6) is 5.75 Å². The van der Waals surface area contributed by atoms with Crippen molar-refractivity contribution in [2.45, 2.75) is 26.5 Å². The lowest BCUT2D eigenvalue weighted by Crippen LogP contribution is -2.45. The molecule has 19 heavy (non-hydrogen) atoms. The second-order valence-electron chi connectivity index (χ2n) is 3.92. The van der Waals surface area contributed by atoms with Crippen molar-refractivity contribution in [2.24, 2.45) is 5.73 Å². The maximum absolute atomic E-state index is 11.7. The summed E-state index contributed by atoms with van der Waals surface area (Å²) in [5.74, 6) is 0.0429. The van der Waals surface area contributed by atoms with Crippen LogP contribution in [0.15, 0.2) is 24.3 Å². The van der Waals surface area contributed by atoms with Crippen LogP contribution in [0.3, 0.4) is 0 Å². The first-order chi connectivity index (χ1) is 9.08. The molecule has 0 heterocycles. The minimum absolute atomic E-state index is 0.320. The molecule has 1 aromatic carbocycles. The van der Waals surface area contributed by atoms with E-state index in [1.807, 2.05) is 12.1 Å². The van der Waals surface area contributed by atoms with Gasteiger partial charge < -0.3 is 15.8 Å². The molecule has 6 nitrogen and oxygen atoms in total. The normalized spacial score (nSPS) is 11.5. The summed E-state index contributed by atoms with van der Waals surface area (Å²) in [4.78, 5) is 22.9. The molecule has 0 aliphatic carbocycles. The van der Waals surface area contributed by atoms with E-state index in [9.17, 15) is 9.59 Å². The van der Waals surface area contributed by atoms with Crippen LogP contribution in [0.4, 0.5) is 4.79 Å². The number of hydrogen-bond acceptors (Lipinski definition) is 4. The predicted octanol–water partition coefficient (Wildman–Crippen LogP) is 0.758. The second-order valence-corrected chi connectivity index (χ2v) is 3.92. The molecule has 0 radical (unpaired) electrons. The van der Waals surface area contributed by atoms with Gasteiger partial charge in [0, 0.05) is 18.7 Å². The van der Waals surface area contributed by atoms with Gasteiger partial charge in [-0.05, 0) is 19.9 Å². The molecule has 0 saturated carbocycles. The van der Waals surface area contributed by atoms with E-state index in [0.717, 1.165) is 5.56 Å². The Morgan fingerprint density at radius 3 is 2.68 bits per heavy atom. The Morgan fingerprint density at radius 2 is 2.05 bits per heavy atom. The third-order valence-electron chi connectivity index (χ3n) is 2.44. The minimum atomic E-state index is -0.782. The van der Waals surface area contributed by atoms with Gasteiger partial charge in [-0.2, -0.15) is 0 Å². The molecule has 1 rings (SSSR count). The number of rotatable bonds is 5. The second kappa shape index (κ2) is 7.38. The van der Waals surface area contributed by atoms with Gasteiger partial charge in [0.05, 0.1) is 0 Å². The van der Waals surface area contributed by atoms with E-state index >= 15 is 0 Å². The van der Waals surface area contributed by atoms with Gasteiger partial charge in [-0.3, -0.25) is 10.1 Å². The number of benzene rings is 1. The summed E-state index contributed by atoms with van der Waals surface area (Å²) in [7, 11) is 0. The summed E-state index contributed by atoms with van der Waals surface area (Å²) >= 11 is 0. The van der Waals surface area contributed by atoms with E-state index in [1.54, 1.807) is 26.0 Å². The van der Waals surface area contributed by atoms with Gasteiger partial charge >= 0.3 is 6.03 Å². The highest BCUT2D eigenvalue weighted by Crippen LogP contribution is 2.18. The third kappa shape index (κ3) is 4.59. The fraction of sp³-hybridized carbons (Fsp3) is 0.385. The Labute approximate surface area is 112 Å². The highest BCUT2D eigenvalue weighted by Gasteiger charge is 2.17. The molecular weight excluding hydrogens is 246 g/mol. The van der Waals surface area contributed by atoms with Gasteiger partial charge in [0.1, 0.15) is 5.75 Å². The largest absolute Gasteiger partial charge is 0.481 e. The van der Waals surface area contributed by atoms with Crippen LogP contribution in [-0.4, -0.2) is 24.6 Å². The van der Waals surface area contributed by atoms with E-state index in [2.05, 4.69) is 10.6 Å². The number of para-hydroxylation sites is 1. The number of hydrogen-bond donors (Lipinski definition) is 3. The van der Waals surface area contributed by atoms with E-state index < -0.39 is 18.0 Å². The molecule has 1 unspecified atom stereocenters. The van der Waals surface area contributed by atoms with Gasteiger partial charge in [0.25, 0.3) is 5.91 Å². The monoisotopic (exact) mass is 265 g/mol. The molecule has 0 aliphatic heterocycles. The Bertz CT molecular complexity index is 449. The van der Waals surface area contributed by atoms with E-state index in [-0.39, 0.29) is 0 Å². The number of carbonyl (C=O) groups is 2. The van der Waals surface area contributed by atoms with Crippen LogP contribution in [0.25, 0.3) is 0 Å². The van der Waals surface area contributed by atoms with Crippen LogP contribution in [0.1, 0.15) is 19.4 Å². The SMILES string of the molecule is CCNC(=O)NC(=O)C(C)Oc1ccccc1CN. The third-order valence-corrected chi connectivity index (χ3v) is 2.44. The number of nitrogens with one attached hydrogen (secondary N) is 2. The molecule has 3 amide bonds. The highest BCUT2D eigenvalue weighted by atomic mass is 16.5. The van der Waals surface area contributed by atoms with Crippen molar-refractivity contribution in [3.05, 3.63) is 29.8 Å². The quantitative estimate of drug-likeness (QED) is 0.732. The summed E-state index contributed by atoms with van der Waals surface area (Å²) in [6, 6.07) is 6.66. The molecule has 0 spiro atoms. The van der Waals surface area contributed by atoms with E-state index in [4.69, 9.17) is 10.5 Å². The zero-order chi connectivity index (χ0) is 14.3. The molecule has 0 aliphatic rings. The summed E-state index contributed by atoms with van der Waals surface area (Å²) in [6.45, 7) is 4.11. The Morgan fingerprint density at radius 1 is 1.37 bits per heavy atom. The van der Waals surface area contributed by atoms with Gasteiger partial charge in [-0.15, -0.1) is 0 Å². The highest BCUT2D eigenvalue weighted by molar-refractivity contribution is 5.96. The minimum Gasteiger partial charge on any atom is -0.481 e. The van der Waals surface area contributed by atoms with E-state index in [0.29, 0.717) is 18.8 Å². The fourth-order valence-electron chi connectivity index (χ4n) is 1.45. The van der Waals surface area contributed by atoms with Crippen LogP contribution in [0, 0.1) is 0 Å². The molecule has 0 saturated heterocycles. The lowest BCUT2D eigenvalue weighted by molar-refractivity contribution is -0.126. The van der Waals surface area contributed by atoms with Crippen molar-refractivity contribution in [1.82, 2.24) is 10.6 Å². The van der Waals surface area contributed by atoms with Gasteiger partial charge in [0.15, 0.2) is 6.10 Å². The van der Waals surface area contributed by atoms with Gasteiger partial charge in [-0.25, -0.2) is 4.79 Å². The van der Waals surface area contributed by atoms with E-state index in [1.165, 1.54) is 0 Å². The van der Waals surface area contributed by atoms with Crippen molar-refractivity contribution in [3.8, 4) is 5.75 Å². The summed E-state index contributed by atoms with van der Waals surface area (Å²) in [6.07, 6.45) is -0.782. The molecular formula is C13H19N3O3. The molecule has 1 atom stereocenters.